The van der Waals surface area contributed by atoms with Crippen LogP contribution in [0.5, 0.6) is 0 Å². The molecule has 1 aromatic rings. The maximum atomic E-state index is 10.7. The fourth-order valence-corrected chi connectivity index (χ4v) is 1.68. The van der Waals surface area contributed by atoms with Gasteiger partial charge in [0.1, 0.15) is 12.2 Å². The van der Waals surface area contributed by atoms with Gasteiger partial charge in [-0.15, -0.1) is 0 Å². The van der Waals surface area contributed by atoms with Crippen LogP contribution in [0.15, 0.2) is 24.3 Å². The van der Waals surface area contributed by atoms with Gasteiger partial charge in [0.2, 0.25) is 0 Å². The van der Waals surface area contributed by atoms with Gasteiger partial charge in [0.05, 0.1) is 10.5 Å². The quantitative estimate of drug-likeness (QED) is 0.531. The smallest absolute Gasteiger partial charge is 0.275 e. The number of rotatable bonds is 1. The zero-order valence-electron chi connectivity index (χ0n) is 7.70. The molecule has 15 heavy (non-hydrogen) atoms. The van der Waals surface area contributed by atoms with Crippen LogP contribution in [0.2, 0.25) is 0 Å². The summed E-state index contributed by atoms with van der Waals surface area (Å²) < 4.78 is 0. The van der Waals surface area contributed by atoms with Crippen molar-refractivity contribution in [3.05, 3.63) is 45.5 Å². The summed E-state index contributed by atoms with van der Waals surface area (Å²) in [6.07, 6.45) is 0.668. The van der Waals surface area contributed by atoms with Gasteiger partial charge in [-0.05, 0) is 5.56 Å². The Kier molecular flexibility index (Phi) is 2.26. The number of nitrogens with zero attached hydrogens (tertiary/aromatic N) is 1. The minimum absolute atomic E-state index is 0.164. The molecule has 0 radical (unpaired) electrons. The molecular weight excluding hydrogens is 198 g/mol. The fourth-order valence-electron chi connectivity index (χ4n) is 1.68. The number of fused-ring (bicyclic) bond motifs is 1. The molecule has 0 bridgehead atoms. The van der Waals surface area contributed by atoms with E-state index in [1.807, 2.05) is 0 Å². The summed E-state index contributed by atoms with van der Waals surface area (Å²) in [6, 6.07) is 4.52. The monoisotopic (exact) mass is 207 g/mol. The Bertz CT molecular complexity index is 441. The number of hydrogen-bond donors (Lipinski definition) is 2. The molecule has 0 aromatic heterocycles. The highest BCUT2D eigenvalue weighted by Crippen LogP contribution is 2.34. The van der Waals surface area contributed by atoms with E-state index in [0.717, 1.165) is 0 Å². The van der Waals surface area contributed by atoms with E-state index in [4.69, 9.17) is 0 Å². The van der Waals surface area contributed by atoms with Crippen LogP contribution in [0, 0.1) is 10.1 Å². The van der Waals surface area contributed by atoms with Crippen molar-refractivity contribution in [3.63, 3.8) is 0 Å². The third-order valence-corrected chi connectivity index (χ3v) is 2.41. The van der Waals surface area contributed by atoms with Gasteiger partial charge in [-0.1, -0.05) is 24.3 Å². The highest BCUT2D eigenvalue weighted by atomic mass is 16.6. The average Bonchev–Trinajstić information content (AvgIpc) is 2.23. The summed E-state index contributed by atoms with van der Waals surface area (Å²) in [6.45, 7) is 0. The van der Waals surface area contributed by atoms with E-state index in [9.17, 15) is 20.3 Å². The van der Waals surface area contributed by atoms with Gasteiger partial charge >= 0.3 is 0 Å². The molecule has 2 unspecified atom stereocenters. The van der Waals surface area contributed by atoms with Gasteiger partial charge in [-0.3, -0.25) is 10.1 Å². The Balaban J connectivity index is 2.64. The number of aliphatic hydroxyl groups excluding tert-OH is 2. The fraction of sp³-hybridized carbons (Fsp3) is 0.200. The molecule has 0 fully saturated rings. The molecule has 2 N–H and O–H groups in total. The minimum atomic E-state index is -1.23. The number of benzene rings is 1. The molecule has 78 valence electrons. The van der Waals surface area contributed by atoms with E-state index < -0.39 is 17.1 Å². The molecular formula is C10H9NO4. The molecule has 0 spiro atoms. The summed E-state index contributed by atoms with van der Waals surface area (Å²) in [5.74, 6) is 0. The first-order chi connectivity index (χ1) is 7.11. The summed E-state index contributed by atoms with van der Waals surface area (Å²) in [7, 11) is 0. The lowest BCUT2D eigenvalue weighted by Crippen LogP contribution is -2.20. The summed E-state index contributed by atoms with van der Waals surface area (Å²) in [5.41, 5.74) is 0.586. The number of nitro benzene ring substituents is 1. The van der Waals surface area contributed by atoms with Gasteiger partial charge < -0.3 is 10.2 Å². The van der Waals surface area contributed by atoms with Crippen molar-refractivity contribution in [3.8, 4) is 0 Å². The van der Waals surface area contributed by atoms with E-state index in [-0.39, 0.29) is 11.3 Å². The highest BCUT2D eigenvalue weighted by Gasteiger charge is 2.29. The molecule has 1 aromatic carbocycles. The molecule has 0 aliphatic heterocycles. The first-order valence-electron chi connectivity index (χ1n) is 4.43. The van der Waals surface area contributed by atoms with Crippen LogP contribution in [0.3, 0.4) is 0 Å². The molecule has 1 aliphatic rings. The van der Waals surface area contributed by atoms with Crippen molar-refractivity contribution in [1.82, 2.24) is 0 Å². The minimum Gasteiger partial charge on any atom is -0.386 e. The molecule has 5 heteroatoms. The standard InChI is InChI=1S/C10H9NO4/c12-8-5-4-6-2-1-3-7(11(14)15)9(6)10(8)13/h1-5,8,10,12-13H. The Morgan fingerprint density at radius 1 is 1.33 bits per heavy atom. The van der Waals surface area contributed by atoms with Gasteiger partial charge in [-0.25, -0.2) is 0 Å². The molecule has 2 rings (SSSR count). The topological polar surface area (TPSA) is 83.6 Å². The maximum absolute atomic E-state index is 10.7. The highest BCUT2D eigenvalue weighted by molar-refractivity contribution is 5.64. The van der Waals surface area contributed by atoms with Crippen molar-refractivity contribution in [1.29, 1.82) is 0 Å². The number of aliphatic hydroxyl groups is 2. The molecule has 1 aliphatic carbocycles. The first-order valence-corrected chi connectivity index (χ1v) is 4.43. The van der Waals surface area contributed by atoms with Crippen LogP contribution in [0.1, 0.15) is 17.2 Å². The molecule has 2 atom stereocenters. The lowest BCUT2D eigenvalue weighted by Gasteiger charge is -2.21. The second kappa shape index (κ2) is 3.45. The normalized spacial score (nSPS) is 23.6. The van der Waals surface area contributed by atoms with Crippen molar-refractivity contribution in [2.24, 2.45) is 0 Å². The van der Waals surface area contributed by atoms with E-state index >= 15 is 0 Å². The van der Waals surface area contributed by atoms with Crippen molar-refractivity contribution < 1.29 is 15.1 Å². The summed E-state index contributed by atoms with van der Waals surface area (Å²) in [5, 5.41) is 29.7. The SMILES string of the molecule is O=[N+]([O-])c1cccc2c1C(O)C(O)C=C2. The lowest BCUT2D eigenvalue weighted by atomic mass is 9.91. The van der Waals surface area contributed by atoms with Crippen molar-refractivity contribution in [2.45, 2.75) is 12.2 Å². The van der Waals surface area contributed by atoms with Crippen LogP contribution in [0.25, 0.3) is 6.08 Å². The average molecular weight is 207 g/mol. The maximum Gasteiger partial charge on any atom is 0.275 e. The van der Waals surface area contributed by atoms with Crippen molar-refractivity contribution in [2.75, 3.05) is 0 Å². The zero-order valence-corrected chi connectivity index (χ0v) is 7.70. The summed E-state index contributed by atoms with van der Waals surface area (Å²) in [4.78, 5) is 10.2. The number of hydrogen-bond acceptors (Lipinski definition) is 4. The Morgan fingerprint density at radius 2 is 2.07 bits per heavy atom. The summed E-state index contributed by atoms with van der Waals surface area (Å²) >= 11 is 0. The third kappa shape index (κ3) is 1.51. The van der Waals surface area contributed by atoms with Gasteiger partial charge in [0.25, 0.3) is 5.69 Å². The zero-order chi connectivity index (χ0) is 11.0. The largest absolute Gasteiger partial charge is 0.386 e. The molecule has 0 heterocycles. The van der Waals surface area contributed by atoms with Crippen LogP contribution >= 0.6 is 0 Å². The third-order valence-electron chi connectivity index (χ3n) is 2.41. The Labute approximate surface area is 85.4 Å². The van der Waals surface area contributed by atoms with Crippen LogP contribution in [-0.4, -0.2) is 21.2 Å². The predicted octanol–water partition coefficient (Wildman–Crippen LogP) is 1.02. The number of nitro groups is 1. The van der Waals surface area contributed by atoms with Gasteiger partial charge in [0, 0.05) is 6.07 Å². The van der Waals surface area contributed by atoms with Crippen LogP contribution < -0.4 is 0 Å². The lowest BCUT2D eigenvalue weighted by molar-refractivity contribution is -0.386. The van der Waals surface area contributed by atoms with Crippen LogP contribution in [0.4, 0.5) is 5.69 Å². The Hall–Kier alpha value is -1.72. The van der Waals surface area contributed by atoms with Gasteiger partial charge in [-0.2, -0.15) is 0 Å². The first kappa shape index (κ1) is 9.82. The second-order valence-electron chi connectivity index (χ2n) is 3.33. The Morgan fingerprint density at radius 3 is 2.73 bits per heavy atom. The van der Waals surface area contributed by atoms with Crippen molar-refractivity contribution >= 4 is 11.8 Å². The van der Waals surface area contributed by atoms with E-state index in [1.165, 1.54) is 12.1 Å². The molecule has 0 saturated heterocycles. The predicted molar refractivity (Wildman–Crippen MR) is 53.1 cm³/mol. The van der Waals surface area contributed by atoms with Gasteiger partial charge in [0.15, 0.2) is 0 Å². The van der Waals surface area contributed by atoms with E-state index in [1.54, 1.807) is 18.2 Å². The molecule has 0 saturated carbocycles. The molecule has 5 nitrogen and oxygen atoms in total. The van der Waals surface area contributed by atoms with E-state index in [2.05, 4.69) is 0 Å². The molecule has 0 amide bonds. The second-order valence-corrected chi connectivity index (χ2v) is 3.33. The van der Waals surface area contributed by atoms with E-state index in [0.29, 0.717) is 5.56 Å². The van der Waals surface area contributed by atoms with Crippen LogP contribution in [-0.2, 0) is 0 Å².